The van der Waals surface area contributed by atoms with Crippen LogP contribution in [0.25, 0.3) is 0 Å². The first-order chi connectivity index (χ1) is 11.2. The number of halogens is 2. The highest BCUT2D eigenvalue weighted by Crippen LogP contribution is 2.23. The first-order valence-corrected chi connectivity index (χ1v) is 9.70. The predicted octanol–water partition coefficient (Wildman–Crippen LogP) is 3.72. The fourth-order valence-electron chi connectivity index (χ4n) is 1.95. The third-order valence-electron chi connectivity index (χ3n) is 3.37. The lowest BCUT2D eigenvalue weighted by Crippen LogP contribution is -2.41. The molecule has 8 heteroatoms. The molecular formula is C16H16BrClN2O3S. The normalized spacial score (nSPS) is 12.7. The van der Waals surface area contributed by atoms with E-state index in [1.807, 2.05) is 0 Å². The number of anilines is 1. The van der Waals surface area contributed by atoms with Crippen LogP contribution in [0.3, 0.4) is 0 Å². The molecule has 0 bridgehead atoms. The molecule has 2 N–H and O–H groups in total. The summed E-state index contributed by atoms with van der Waals surface area (Å²) in [4.78, 5) is 12.3. The summed E-state index contributed by atoms with van der Waals surface area (Å²) in [5.74, 6) is -0.471. The van der Waals surface area contributed by atoms with E-state index in [-0.39, 0.29) is 4.90 Å². The van der Waals surface area contributed by atoms with Crippen molar-refractivity contribution in [2.24, 2.45) is 0 Å². The third kappa shape index (κ3) is 4.57. The van der Waals surface area contributed by atoms with E-state index in [9.17, 15) is 13.2 Å². The van der Waals surface area contributed by atoms with E-state index in [1.54, 1.807) is 37.3 Å². The van der Waals surface area contributed by atoms with Gasteiger partial charge in [-0.1, -0.05) is 33.6 Å². The molecule has 2 aromatic carbocycles. The number of amides is 1. The number of hydrogen-bond donors (Lipinski definition) is 2. The largest absolute Gasteiger partial charge is 0.324 e. The zero-order valence-electron chi connectivity index (χ0n) is 13.0. The minimum atomic E-state index is -3.79. The van der Waals surface area contributed by atoms with Crippen LogP contribution in [0.15, 0.2) is 51.8 Å². The number of carbonyl (C=O) groups excluding carboxylic acids is 1. The molecular weight excluding hydrogens is 416 g/mol. The smallest absolute Gasteiger partial charge is 0.242 e. The zero-order valence-corrected chi connectivity index (χ0v) is 16.2. The lowest BCUT2D eigenvalue weighted by molar-refractivity contribution is -0.117. The van der Waals surface area contributed by atoms with Crippen LogP contribution in [-0.2, 0) is 14.8 Å². The predicted molar refractivity (Wildman–Crippen MR) is 98.7 cm³/mol. The Hall–Kier alpha value is -1.41. The maximum atomic E-state index is 12.3. The highest BCUT2D eigenvalue weighted by Gasteiger charge is 2.22. The van der Waals surface area contributed by atoms with Crippen LogP contribution in [0, 0.1) is 6.92 Å². The fourth-order valence-corrected chi connectivity index (χ4v) is 3.59. The van der Waals surface area contributed by atoms with Gasteiger partial charge in [-0.15, -0.1) is 0 Å². The second-order valence-corrected chi connectivity index (χ2v) is 8.24. The molecule has 0 radical (unpaired) electrons. The number of hydrogen-bond acceptors (Lipinski definition) is 3. The minimum Gasteiger partial charge on any atom is -0.324 e. The third-order valence-corrected chi connectivity index (χ3v) is 5.87. The van der Waals surface area contributed by atoms with Gasteiger partial charge in [-0.2, -0.15) is 4.72 Å². The van der Waals surface area contributed by atoms with Crippen molar-refractivity contribution in [1.82, 2.24) is 4.72 Å². The number of nitrogens with one attached hydrogen (secondary N) is 2. The number of carbonyl (C=O) groups is 1. The molecule has 0 aliphatic heterocycles. The van der Waals surface area contributed by atoms with Gasteiger partial charge in [0.25, 0.3) is 0 Å². The SMILES string of the molecule is Cc1c(Cl)cccc1NC(=O)[C@H](C)NS(=O)(=O)c1ccc(Br)cc1. The molecule has 0 spiro atoms. The molecule has 0 aliphatic rings. The Balaban J connectivity index is 2.11. The highest BCUT2D eigenvalue weighted by atomic mass is 79.9. The van der Waals surface area contributed by atoms with Gasteiger partial charge in [0.05, 0.1) is 10.9 Å². The topological polar surface area (TPSA) is 75.3 Å². The highest BCUT2D eigenvalue weighted by molar-refractivity contribution is 9.10. The Labute approximate surface area is 154 Å². The standard InChI is InChI=1S/C16H16BrClN2O3S/c1-10-14(18)4-3-5-15(10)19-16(21)11(2)20-24(22,23)13-8-6-12(17)7-9-13/h3-9,11,20H,1-2H3,(H,19,21)/t11-/m0/s1. The molecule has 0 unspecified atom stereocenters. The van der Waals surface area contributed by atoms with Crippen LogP contribution in [-0.4, -0.2) is 20.4 Å². The number of rotatable bonds is 5. The molecule has 0 saturated heterocycles. The molecule has 0 heterocycles. The summed E-state index contributed by atoms with van der Waals surface area (Å²) < 4.78 is 27.7. The lowest BCUT2D eigenvalue weighted by atomic mass is 10.2. The van der Waals surface area contributed by atoms with Crippen molar-refractivity contribution >= 4 is 49.1 Å². The van der Waals surface area contributed by atoms with Crippen molar-refractivity contribution in [3.05, 3.63) is 57.5 Å². The van der Waals surface area contributed by atoms with E-state index >= 15 is 0 Å². The maximum absolute atomic E-state index is 12.3. The van der Waals surface area contributed by atoms with Gasteiger partial charge in [0, 0.05) is 15.2 Å². The summed E-state index contributed by atoms with van der Waals surface area (Å²) in [6.45, 7) is 3.25. The Morgan fingerprint density at radius 2 is 1.79 bits per heavy atom. The van der Waals surface area contributed by atoms with Gasteiger partial charge in [0.15, 0.2) is 0 Å². The van der Waals surface area contributed by atoms with E-state index in [4.69, 9.17) is 11.6 Å². The van der Waals surface area contributed by atoms with Gasteiger partial charge in [0.1, 0.15) is 0 Å². The van der Waals surface area contributed by atoms with Crippen LogP contribution in [0.1, 0.15) is 12.5 Å². The number of benzene rings is 2. The van der Waals surface area contributed by atoms with E-state index in [0.29, 0.717) is 10.7 Å². The van der Waals surface area contributed by atoms with Crippen molar-refractivity contribution < 1.29 is 13.2 Å². The summed E-state index contributed by atoms with van der Waals surface area (Å²) in [5.41, 5.74) is 1.26. The van der Waals surface area contributed by atoms with E-state index in [2.05, 4.69) is 26.0 Å². The van der Waals surface area contributed by atoms with Crippen molar-refractivity contribution in [2.45, 2.75) is 24.8 Å². The summed E-state index contributed by atoms with van der Waals surface area (Å²) in [7, 11) is -3.79. The van der Waals surface area contributed by atoms with Crippen LogP contribution in [0.2, 0.25) is 5.02 Å². The summed E-state index contributed by atoms with van der Waals surface area (Å²) >= 11 is 9.26. The van der Waals surface area contributed by atoms with Crippen molar-refractivity contribution in [2.75, 3.05) is 5.32 Å². The van der Waals surface area contributed by atoms with Crippen molar-refractivity contribution in [3.63, 3.8) is 0 Å². The molecule has 0 fully saturated rings. The summed E-state index contributed by atoms with van der Waals surface area (Å²) in [5, 5.41) is 3.20. The fraction of sp³-hybridized carbons (Fsp3) is 0.188. The Morgan fingerprint density at radius 3 is 2.42 bits per heavy atom. The van der Waals surface area contributed by atoms with Gasteiger partial charge >= 0.3 is 0 Å². The minimum absolute atomic E-state index is 0.0873. The molecule has 0 saturated carbocycles. The molecule has 2 aromatic rings. The molecule has 5 nitrogen and oxygen atoms in total. The lowest BCUT2D eigenvalue weighted by Gasteiger charge is -2.16. The quantitative estimate of drug-likeness (QED) is 0.757. The summed E-state index contributed by atoms with van der Waals surface area (Å²) in [6, 6.07) is 10.3. The Bertz CT molecular complexity index is 854. The average molecular weight is 432 g/mol. The van der Waals surface area contributed by atoms with Gasteiger partial charge in [-0.25, -0.2) is 8.42 Å². The first-order valence-electron chi connectivity index (χ1n) is 7.04. The van der Waals surface area contributed by atoms with Gasteiger partial charge < -0.3 is 5.32 Å². The van der Waals surface area contributed by atoms with E-state index in [1.165, 1.54) is 19.1 Å². The first kappa shape index (κ1) is 18.9. The average Bonchev–Trinajstić information content (AvgIpc) is 2.51. The maximum Gasteiger partial charge on any atom is 0.242 e. The number of sulfonamides is 1. The molecule has 0 aliphatic carbocycles. The Morgan fingerprint density at radius 1 is 1.17 bits per heavy atom. The van der Waals surface area contributed by atoms with Gasteiger partial charge in [-0.05, 0) is 55.8 Å². The molecule has 1 amide bonds. The van der Waals surface area contributed by atoms with Crippen LogP contribution >= 0.6 is 27.5 Å². The molecule has 1 atom stereocenters. The molecule has 2 rings (SSSR count). The van der Waals surface area contributed by atoms with Crippen molar-refractivity contribution in [3.8, 4) is 0 Å². The van der Waals surface area contributed by atoms with Crippen LogP contribution in [0.5, 0.6) is 0 Å². The van der Waals surface area contributed by atoms with Crippen LogP contribution < -0.4 is 10.0 Å². The van der Waals surface area contributed by atoms with Crippen molar-refractivity contribution in [1.29, 1.82) is 0 Å². The van der Waals surface area contributed by atoms with Gasteiger partial charge in [-0.3, -0.25) is 4.79 Å². The van der Waals surface area contributed by atoms with E-state index < -0.39 is 22.0 Å². The van der Waals surface area contributed by atoms with Gasteiger partial charge in [0.2, 0.25) is 15.9 Å². The Kier molecular flexibility index (Phi) is 6.03. The second kappa shape index (κ2) is 7.65. The molecule has 128 valence electrons. The zero-order chi connectivity index (χ0) is 17.9. The van der Waals surface area contributed by atoms with Crippen LogP contribution in [0.4, 0.5) is 5.69 Å². The molecule has 0 aromatic heterocycles. The molecule has 24 heavy (non-hydrogen) atoms. The second-order valence-electron chi connectivity index (χ2n) is 5.20. The monoisotopic (exact) mass is 430 g/mol. The van der Waals surface area contributed by atoms with E-state index in [0.717, 1.165) is 10.0 Å². The summed E-state index contributed by atoms with van der Waals surface area (Å²) in [6.07, 6.45) is 0.